The van der Waals surface area contributed by atoms with Crippen LogP contribution in [0, 0.1) is 0 Å². The molecule has 0 aliphatic heterocycles. The lowest BCUT2D eigenvalue weighted by molar-refractivity contribution is 0.0805. The predicted molar refractivity (Wildman–Crippen MR) is 64.0 cm³/mol. The van der Waals surface area contributed by atoms with Gasteiger partial charge in [-0.1, -0.05) is 72.4 Å². The van der Waals surface area contributed by atoms with Gasteiger partial charge in [0, 0.05) is 5.56 Å². The Kier molecular flexibility index (Phi) is 4.72. The summed E-state index contributed by atoms with van der Waals surface area (Å²) in [5.41, 5.74) is 1.33. The average Bonchev–Trinajstić information content (AvgIpc) is 2.17. The lowest BCUT2D eigenvalue weighted by atomic mass is 10.0. The van der Waals surface area contributed by atoms with Crippen molar-refractivity contribution in [1.82, 2.24) is 0 Å². The Bertz CT molecular complexity index is 303. The average molecular weight is 267 g/mol. The number of halogens is 3. The maximum absolute atomic E-state index is 11.6. The highest BCUT2D eigenvalue weighted by Gasteiger charge is 2.22. The zero-order valence-corrected chi connectivity index (χ0v) is 10.6. The maximum Gasteiger partial charge on any atom is 0.216 e. The monoisotopic (exact) mass is 265 g/mol. The summed E-state index contributed by atoms with van der Waals surface area (Å²) in [4.78, 5) is 0. The third-order valence-corrected chi connectivity index (χ3v) is 2.82. The van der Waals surface area contributed by atoms with E-state index in [0.717, 1.165) is 12.0 Å². The quantitative estimate of drug-likeness (QED) is 0.701. The summed E-state index contributed by atoms with van der Waals surface area (Å²) in [6.07, 6.45) is 0.826. The van der Waals surface area contributed by atoms with Gasteiger partial charge in [-0.3, -0.25) is 0 Å². The van der Waals surface area contributed by atoms with Crippen molar-refractivity contribution in [2.75, 3.05) is 0 Å². The lowest BCUT2D eigenvalue weighted by Crippen LogP contribution is -2.01. The van der Waals surface area contributed by atoms with E-state index >= 15 is 0 Å². The van der Waals surface area contributed by atoms with Gasteiger partial charge in [-0.15, -0.1) is 0 Å². The number of rotatable bonds is 3. The molecule has 0 aromatic heterocycles. The summed E-state index contributed by atoms with van der Waals surface area (Å²) in [5, 5.41) is 11.6. The molecule has 1 unspecified atom stereocenters. The Balaban J connectivity index is 2.81. The summed E-state index contributed by atoms with van der Waals surface area (Å²) >= 11 is 17.1. The molecule has 15 heavy (non-hydrogen) atoms. The number of benzene rings is 1. The topological polar surface area (TPSA) is 19.9 Å². The third-order valence-electron chi connectivity index (χ3n) is 2.16. The van der Waals surface area contributed by atoms with Gasteiger partial charge in [-0.05, 0) is 12.0 Å². The minimum Gasteiger partial charge on any atom is -0.228 e. The molecule has 1 radical (unpaired) electrons. The fourth-order valence-corrected chi connectivity index (χ4v) is 1.69. The van der Waals surface area contributed by atoms with Crippen molar-refractivity contribution in [2.45, 2.75) is 29.7 Å². The molecule has 1 aromatic carbocycles. The maximum atomic E-state index is 11.6. The van der Waals surface area contributed by atoms with Crippen molar-refractivity contribution >= 4 is 34.8 Å². The molecule has 0 amide bonds. The molecule has 1 rings (SSSR count). The molecule has 1 atom stereocenters. The van der Waals surface area contributed by atoms with Gasteiger partial charge in [0.2, 0.25) is 3.79 Å². The van der Waals surface area contributed by atoms with Crippen LogP contribution in [0.2, 0.25) is 0 Å². The van der Waals surface area contributed by atoms with Crippen LogP contribution in [0.3, 0.4) is 0 Å². The van der Waals surface area contributed by atoms with Crippen molar-refractivity contribution in [3.63, 3.8) is 0 Å². The molecule has 0 N–H and O–H groups in total. The van der Waals surface area contributed by atoms with Crippen LogP contribution >= 0.6 is 34.8 Å². The standard InChI is InChI=1S/C11H12Cl3O/c1-2-3-10(15)8-4-6-9(7-5-8)11(12,13)14/h4-7,10H,2-3H2,1H3. The first-order valence-electron chi connectivity index (χ1n) is 4.78. The Labute approximate surface area is 105 Å². The van der Waals surface area contributed by atoms with E-state index in [9.17, 15) is 5.11 Å². The largest absolute Gasteiger partial charge is 0.228 e. The van der Waals surface area contributed by atoms with Crippen molar-refractivity contribution in [2.24, 2.45) is 0 Å². The van der Waals surface area contributed by atoms with Crippen molar-refractivity contribution in [3.05, 3.63) is 35.4 Å². The molecule has 0 aliphatic carbocycles. The van der Waals surface area contributed by atoms with Crippen LogP contribution in [0.4, 0.5) is 0 Å². The Hall–Kier alpha value is 0.0500. The third kappa shape index (κ3) is 3.84. The lowest BCUT2D eigenvalue weighted by Gasteiger charge is -2.13. The van der Waals surface area contributed by atoms with Gasteiger partial charge in [0.05, 0.1) is 0 Å². The molecule has 1 aromatic rings. The molecule has 83 valence electrons. The molecule has 0 aliphatic rings. The van der Waals surface area contributed by atoms with Gasteiger partial charge in [0.1, 0.15) is 6.10 Å². The summed E-state index contributed by atoms with van der Waals surface area (Å²) in [6, 6.07) is 6.82. The Morgan fingerprint density at radius 2 is 1.73 bits per heavy atom. The first kappa shape index (κ1) is 13.1. The molecule has 0 fully saturated rings. The number of hydrogen-bond donors (Lipinski definition) is 0. The zero-order valence-electron chi connectivity index (χ0n) is 8.34. The van der Waals surface area contributed by atoms with Crippen LogP contribution in [0.25, 0.3) is 0 Å². The molecule has 1 nitrogen and oxygen atoms in total. The summed E-state index contributed by atoms with van der Waals surface area (Å²) in [5.74, 6) is 0. The fraction of sp³-hybridized carbons (Fsp3) is 0.455. The number of alkyl halides is 3. The second-order valence-corrected chi connectivity index (χ2v) is 5.68. The highest BCUT2D eigenvalue weighted by molar-refractivity contribution is 6.66. The smallest absolute Gasteiger partial charge is 0.216 e. The van der Waals surface area contributed by atoms with Crippen molar-refractivity contribution in [1.29, 1.82) is 0 Å². The van der Waals surface area contributed by atoms with E-state index in [1.165, 1.54) is 0 Å². The SMILES string of the molecule is CCCC([O])c1ccc(C(Cl)(Cl)Cl)cc1. The Morgan fingerprint density at radius 3 is 2.13 bits per heavy atom. The fourth-order valence-electron chi connectivity index (χ4n) is 1.32. The second kappa shape index (κ2) is 5.40. The minimum atomic E-state index is -1.42. The minimum absolute atomic E-state index is 0.583. The molecule has 0 saturated heterocycles. The molecule has 0 heterocycles. The van der Waals surface area contributed by atoms with E-state index < -0.39 is 9.90 Å². The van der Waals surface area contributed by atoms with Gasteiger partial charge in [0.25, 0.3) is 0 Å². The van der Waals surface area contributed by atoms with Gasteiger partial charge in [-0.2, -0.15) is 0 Å². The second-order valence-electron chi connectivity index (χ2n) is 3.40. The van der Waals surface area contributed by atoms with E-state index in [0.29, 0.717) is 12.0 Å². The van der Waals surface area contributed by atoms with E-state index in [1.807, 2.05) is 6.92 Å². The van der Waals surface area contributed by atoms with Gasteiger partial charge >= 0.3 is 0 Å². The normalized spacial score (nSPS) is 13.9. The molecule has 4 heteroatoms. The summed E-state index contributed by atoms with van der Waals surface area (Å²) < 4.78 is -1.42. The molecular weight excluding hydrogens is 254 g/mol. The van der Waals surface area contributed by atoms with E-state index in [4.69, 9.17) is 34.8 Å². The first-order chi connectivity index (χ1) is 6.95. The predicted octanol–water partition coefficient (Wildman–Crippen LogP) is 4.79. The van der Waals surface area contributed by atoms with E-state index in [2.05, 4.69) is 0 Å². The van der Waals surface area contributed by atoms with E-state index in [1.54, 1.807) is 24.3 Å². The van der Waals surface area contributed by atoms with Crippen LogP contribution in [-0.4, -0.2) is 0 Å². The summed E-state index contributed by atoms with van der Waals surface area (Å²) in [6.45, 7) is 1.99. The van der Waals surface area contributed by atoms with Gasteiger partial charge in [-0.25, -0.2) is 5.11 Å². The summed E-state index contributed by atoms with van der Waals surface area (Å²) in [7, 11) is 0. The Morgan fingerprint density at radius 1 is 1.20 bits per heavy atom. The van der Waals surface area contributed by atoms with Gasteiger partial charge in [0.15, 0.2) is 0 Å². The first-order valence-corrected chi connectivity index (χ1v) is 5.91. The molecule has 0 saturated carbocycles. The molecule has 0 bridgehead atoms. The van der Waals surface area contributed by atoms with Crippen LogP contribution in [0.1, 0.15) is 37.0 Å². The van der Waals surface area contributed by atoms with Crippen LogP contribution < -0.4 is 0 Å². The van der Waals surface area contributed by atoms with Gasteiger partial charge < -0.3 is 0 Å². The van der Waals surface area contributed by atoms with Crippen LogP contribution in [0.5, 0.6) is 0 Å². The molecular formula is C11H12Cl3O. The highest BCUT2D eigenvalue weighted by atomic mass is 35.6. The van der Waals surface area contributed by atoms with Crippen LogP contribution in [0.15, 0.2) is 24.3 Å². The van der Waals surface area contributed by atoms with Crippen molar-refractivity contribution < 1.29 is 5.11 Å². The van der Waals surface area contributed by atoms with Crippen molar-refractivity contribution in [3.8, 4) is 0 Å². The zero-order chi connectivity index (χ0) is 11.5. The van der Waals surface area contributed by atoms with E-state index in [-0.39, 0.29) is 0 Å². The molecule has 0 spiro atoms. The highest BCUT2D eigenvalue weighted by Crippen LogP contribution is 2.38. The van der Waals surface area contributed by atoms with Crippen LogP contribution in [-0.2, 0) is 8.90 Å². The number of hydrogen-bond acceptors (Lipinski definition) is 0.